The fourth-order valence-electron chi connectivity index (χ4n) is 3.50. The van der Waals surface area contributed by atoms with Crippen LogP contribution in [0.2, 0.25) is 0 Å². The third-order valence-corrected chi connectivity index (χ3v) is 4.65. The van der Waals surface area contributed by atoms with Crippen molar-refractivity contribution in [3.8, 4) is 0 Å². The normalized spacial score (nSPS) is 27.8. The van der Waals surface area contributed by atoms with E-state index in [1.54, 1.807) is 12.1 Å². The first-order valence-electron chi connectivity index (χ1n) is 7.81. The Hall–Kier alpha value is -1.42. The molecule has 2 aliphatic rings. The molecule has 0 N–H and O–H groups in total. The maximum atomic E-state index is 13.2. The molecule has 1 aromatic carbocycles. The van der Waals surface area contributed by atoms with Crippen molar-refractivity contribution in [2.45, 2.75) is 44.8 Å². The summed E-state index contributed by atoms with van der Waals surface area (Å²) < 4.78 is 18.4. The van der Waals surface area contributed by atoms with Crippen LogP contribution in [0, 0.1) is 11.7 Å². The molecule has 114 valence electrons. The Kier molecular flexibility index (Phi) is 4.24. The van der Waals surface area contributed by atoms with Crippen LogP contribution in [0.3, 0.4) is 0 Å². The molecule has 0 saturated carbocycles. The SMILES string of the molecule is CC1CC(N2CCC(Cc3cccc(F)c3)CC2)C(=O)O1. The summed E-state index contributed by atoms with van der Waals surface area (Å²) in [5, 5.41) is 0. The Bertz CT molecular complexity index is 511. The van der Waals surface area contributed by atoms with Gasteiger partial charge in [-0.1, -0.05) is 12.1 Å². The topological polar surface area (TPSA) is 29.5 Å². The smallest absolute Gasteiger partial charge is 0.323 e. The third kappa shape index (κ3) is 3.43. The summed E-state index contributed by atoms with van der Waals surface area (Å²) in [5.74, 6) is 0.358. The molecule has 0 aromatic heterocycles. The van der Waals surface area contributed by atoms with Crippen LogP contribution in [0.15, 0.2) is 24.3 Å². The van der Waals surface area contributed by atoms with Gasteiger partial charge in [0.1, 0.15) is 18.0 Å². The first kappa shape index (κ1) is 14.5. The Morgan fingerprint density at radius 2 is 2.10 bits per heavy atom. The van der Waals surface area contributed by atoms with E-state index in [1.807, 2.05) is 13.0 Å². The van der Waals surface area contributed by atoms with E-state index < -0.39 is 0 Å². The molecule has 2 unspecified atom stereocenters. The molecule has 0 amide bonds. The number of rotatable bonds is 3. The Balaban J connectivity index is 1.52. The monoisotopic (exact) mass is 291 g/mol. The van der Waals surface area contributed by atoms with Crippen molar-refractivity contribution in [3.63, 3.8) is 0 Å². The minimum absolute atomic E-state index is 0.0462. The summed E-state index contributed by atoms with van der Waals surface area (Å²) in [6.07, 6.45) is 3.92. The van der Waals surface area contributed by atoms with Gasteiger partial charge < -0.3 is 4.74 Å². The molecular weight excluding hydrogens is 269 g/mol. The first-order valence-corrected chi connectivity index (χ1v) is 7.81. The molecule has 4 heteroatoms. The van der Waals surface area contributed by atoms with Gasteiger partial charge in [0.15, 0.2) is 0 Å². The van der Waals surface area contributed by atoms with E-state index in [-0.39, 0.29) is 23.9 Å². The summed E-state index contributed by atoms with van der Waals surface area (Å²) in [6.45, 7) is 3.83. The quantitative estimate of drug-likeness (QED) is 0.802. The molecule has 0 bridgehead atoms. The van der Waals surface area contributed by atoms with Gasteiger partial charge in [0.05, 0.1) is 0 Å². The lowest BCUT2D eigenvalue weighted by molar-refractivity contribution is -0.145. The van der Waals surface area contributed by atoms with Gasteiger partial charge >= 0.3 is 5.97 Å². The van der Waals surface area contributed by atoms with Gasteiger partial charge in [-0.3, -0.25) is 9.69 Å². The molecule has 0 spiro atoms. The average Bonchev–Trinajstić information content (AvgIpc) is 2.79. The molecule has 3 nitrogen and oxygen atoms in total. The minimum Gasteiger partial charge on any atom is -0.461 e. The maximum Gasteiger partial charge on any atom is 0.323 e. The molecule has 3 rings (SSSR count). The molecule has 0 radical (unpaired) electrons. The molecule has 2 atom stereocenters. The van der Waals surface area contributed by atoms with Crippen LogP contribution in [0.25, 0.3) is 0 Å². The number of cyclic esters (lactones) is 1. The van der Waals surface area contributed by atoms with Crippen LogP contribution >= 0.6 is 0 Å². The maximum absolute atomic E-state index is 13.2. The van der Waals surface area contributed by atoms with Crippen LogP contribution < -0.4 is 0 Å². The third-order valence-electron chi connectivity index (χ3n) is 4.65. The van der Waals surface area contributed by atoms with Gasteiger partial charge in [0.2, 0.25) is 0 Å². The molecule has 2 aliphatic heterocycles. The lowest BCUT2D eigenvalue weighted by Crippen LogP contribution is -2.44. The second-order valence-corrected chi connectivity index (χ2v) is 6.31. The number of nitrogens with zero attached hydrogens (tertiary/aromatic N) is 1. The van der Waals surface area contributed by atoms with Gasteiger partial charge in [-0.2, -0.15) is 0 Å². The molecule has 0 aliphatic carbocycles. The van der Waals surface area contributed by atoms with E-state index in [1.165, 1.54) is 6.07 Å². The van der Waals surface area contributed by atoms with Crippen molar-refractivity contribution in [1.82, 2.24) is 4.90 Å². The van der Waals surface area contributed by atoms with Crippen molar-refractivity contribution < 1.29 is 13.9 Å². The molecule has 2 heterocycles. The summed E-state index contributed by atoms with van der Waals surface area (Å²) in [7, 11) is 0. The fraction of sp³-hybridized carbons (Fsp3) is 0.588. The van der Waals surface area contributed by atoms with Gasteiger partial charge in [0.25, 0.3) is 0 Å². The Labute approximate surface area is 125 Å². The molecule has 1 aromatic rings. The van der Waals surface area contributed by atoms with Crippen LogP contribution in [-0.4, -0.2) is 36.1 Å². The van der Waals surface area contributed by atoms with Crippen molar-refractivity contribution in [3.05, 3.63) is 35.6 Å². The van der Waals surface area contributed by atoms with Gasteiger partial charge in [-0.15, -0.1) is 0 Å². The van der Waals surface area contributed by atoms with E-state index in [2.05, 4.69) is 4.90 Å². The highest BCUT2D eigenvalue weighted by Crippen LogP contribution is 2.27. The number of hydrogen-bond donors (Lipinski definition) is 0. The van der Waals surface area contributed by atoms with Crippen LogP contribution in [-0.2, 0) is 16.0 Å². The minimum atomic E-state index is -0.160. The molecule has 2 saturated heterocycles. The molecule has 2 fully saturated rings. The van der Waals surface area contributed by atoms with Crippen LogP contribution in [0.4, 0.5) is 4.39 Å². The lowest BCUT2D eigenvalue weighted by atomic mass is 9.89. The second kappa shape index (κ2) is 6.14. The van der Waals surface area contributed by atoms with Crippen LogP contribution in [0.5, 0.6) is 0 Å². The van der Waals surface area contributed by atoms with Crippen molar-refractivity contribution in [1.29, 1.82) is 0 Å². The number of carbonyl (C=O) groups is 1. The second-order valence-electron chi connectivity index (χ2n) is 6.31. The largest absolute Gasteiger partial charge is 0.461 e. The highest BCUT2D eigenvalue weighted by molar-refractivity contribution is 5.78. The van der Waals surface area contributed by atoms with E-state index in [4.69, 9.17) is 4.74 Å². The van der Waals surface area contributed by atoms with Gasteiger partial charge in [-0.05, 0) is 62.9 Å². The van der Waals surface area contributed by atoms with Crippen molar-refractivity contribution in [2.75, 3.05) is 13.1 Å². The Morgan fingerprint density at radius 3 is 2.71 bits per heavy atom. The number of esters is 1. The fourth-order valence-corrected chi connectivity index (χ4v) is 3.50. The number of ether oxygens (including phenoxy) is 1. The summed E-state index contributed by atoms with van der Waals surface area (Å²) in [4.78, 5) is 14.0. The van der Waals surface area contributed by atoms with Crippen molar-refractivity contribution in [2.24, 2.45) is 5.92 Å². The number of halogens is 1. The van der Waals surface area contributed by atoms with E-state index in [0.717, 1.165) is 44.3 Å². The summed E-state index contributed by atoms with van der Waals surface area (Å²) in [5.41, 5.74) is 1.07. The van der Waals surface area contributed by atoms with Crippen molar-refractivity contribution >= 4 is 5.97 Å². The number of likely N-dealkylation sites (tertiary alicyclic amines) is 1. The predicted octanol–water partition coefficient (Wildman–Crippen LogP) is 2.78. The molecular formula is C17H22FNO2. The standard InChI is InChI=1S/C17H22FNO2/c1-12-9-16(17(20)21-12)19-7-5-13(6-8-19)10-14-3-2-4-15(18)11-14/h2-4,11-13,16H,5-10H2,1H3. The zero-order chi connectivity index (χ0) is 14.8. The average molecular weight is 291 g/mol. The first-order chi connectivity index (χ1) is 10.1. The zero-order valence-electron chi connectivity index (χ0n) is 12.4. The lowest BCUT2D eigenvalue weighted by Gasteiger charge is -2.34. The highest BCUT2D eigenvalue weighted by atomic mass is 19.1. The van der Waals surface area contributed by atoms with Crippen LogP contribution in [0.1, 0.15) is 31.7 Å². The number of benzene rings is 1. The van der Waals surface area contributed by atoms with E-state index in [0.29, 0.717) is 5.92 Å². The summed E-state index contributed by atoms with van der Waals surface area (Å²) in [6, 6.07) is 6.83. The predicted molar refractivity (Wildman–Crippen MR) is 78.4 cm³/mol. The Morgan fingerprint density at radius 1 is 1.33 bits per heavy atom. The number of piperidine rings is 1. The van der Waals surface area contributed by atoms with E-state index >= 15 is 0 Å². The number of hydrogen-bond acceptors (Lipinski definition) is 3. The summed E-state index contributed by atoms with van der Waals surface area (Å²) >= 11 is 0. The van der Waals surface area contributed by atoms with Gasteiger partial charge in [0, 0.05) is 6.42 Å². The van der Waals surface area contributed by atoms with Gasteiger partial charge in [-0.25, -0.2) is 4.39 Å². The highest BCUT2D eigenvalue weighted by Gasteiger charge is 2.37. The number of carbonyl (C=O) groups excluding carboxylic acids is 1. The zero-order valence-corrected chi connectivity index (χ0v) is 12.4. The molecule has 21 heavy (non-hydrogen) atoms. The van der Waals surface area contributed by atoms with E-state index in [9.17, 15) is 9.18 Å².